The van der Waals surface area contributed by atoms with Crippen LogP contribution in [0.15, 0.2) is 24.3 Å². The highest BCUT2D eigenvalue weighted by atomic mass is 16.7. The smallest absolute Gasteiger partial charge is 0.303 e. The number of aliphatic hydroxyl groups is 5. The molecule has 1 aliphatic heterocycles. The minimum absolute atomic E-state index is 0.0510. The van der Waals surface area contributed by atoms with Crippen LogP contribution in [-0.2, 0) is 14.3 Å². The standard InChI is InChI=1S/C35H58O9/c1-19(2)21-9-14-33(6)26(32(21,5)13-12-27(38)39)17-25(44-31-30(41)29(40)24(37)18-43-31)28-22(10-15-34(28,33)7)35(8,42)16-11-23(36)20(3)4/h21-26,28-31,36-37,40-42H,1,3,9-18H2,2,4-8H3,(H,38,39)/t21-,22-,23?,24-,25+,26?,28-,29-,30+,31-,32-,33+,34+,35-/m0/s1. The Morgan fingerprint density at radius 3 is 2.30 bits per heavy atom. The van der Waals surface area contributed by atoms with Gasteiger partial charge in [-0.15, -0.1) is 0 Å². The van der Waals surface area contributed by atoms with E-state index in [0.717, 1.165) is 31.3 Å². The molecule has 9 nitrogen and oxygen atoms in total. The van der Waals surface area contributed by atoms with Gasteiger partial charge in [0.15, 0.2) is 6.29 Å². The summed E-state index contributed by atoms with van der Waals surface area (Å²) < 4.78 is 12.4. The molecule has 3 aliphatic carbocycles. The summed E-state index contributed by atoms with van der Waals surface area (Å²) in [5.41, 5.74) is -0.278. The zero-order chi connectivity index (χ0) is 33.0. The van der Waals surface area contributed by atoms with Crippen LogP contribution in [0.4, 0.5) is 0 Å². The lowest BCUT2D eigenvalue weighted by atomic mass is 9.37. The molecule has 4 fully saturated rings. The average Bonchev–Trinajstić information content (AvgIpc) is 3.32. The van der Waals surface area contributed by atoms with Crippen LogP contribution in [0.1, 0.15) is 99.3 Å². The monoisotopic (exact) mass is 622 g/mol. The number of carboxylic acids is 1. The number of hydrogen-bond acceptors (Lipinski definition) is 8. The van der Waals surface area contributed by atoms with E-state index in [-0.39, 0.29) is 52.9 Å². The summed E-state index contributed by atoms with van der Waals surface area (Å²) in [5, 5.41) is 63.8. The molecule has 0 aromatic rings. The number of fused-ring (bicyclic) bond motifs is 3. The largest absolute Gasteiger partial charge is 0.481 e. The maximum atomic E-state index is 12.1. The maximum Gasteiger partial charge on any atom is 0.303 e. The van der Waals surface area contributed by atoms with Crippen molar-refractivity contribution in [1.29, 1.82) is 0 Å². The van der Waals surface area contributed by atoms with E-state index in [4.69, 9.17) is 9.47 Å². The molecular formula is C35H58O9. The Morgan fingerprint density at radius 1 is 1.07 bits per heavy atom. The Balaban J connectivity index is 1.78. The third-order valence-corrected chi connectivity index (χ3v) is 13.2. The van der Waals surface area contributed by atoms with Crippen molar-refractivity contribution < 1.29 is 44.9 Å². The predicted octanol–water partition coefficient (Wildman–Crippen LogP) is 4.19. The minimum Gasteiger partial charge on any atom is -0.481 e. The summed E-state index contributed by atoms with van der Waals surface area (Å²) in [4.78, 5) is 11.9. The number of aliphatic carboxylic acids is 1. The van der Waals surface area contributed by atoms with Gasteiger partial charge in [-0.05, 0) is 112 Å². The molecule has 44 heavy (non-hydrogen) atoms. The van der Waals surface area contributed by atoms with Crippen LogP contribution in [0.2, 0.25) is 0 Å². The lowest BCUT2D eigenvalue weighted by Gasteiger charge is -2.68. The van der Waals surface area contributed by atoms with Gasteiger partial charge in [0, 0.05) is 6.42 Å². The van der Waals surface area contributed by atoms with Crippen molar-refractivity contribution in [1.82, 2.24) is 0 Å². The van der Waals surface area contributed by atoms with E-state index in [1.54, 1.807) is 6.92 Å². The van der Waals surface area contributed by atoms with Crippen LogP contribution in [-0.4, -0.2) is 85.6 Å². The lowest BCUT2D eigenvalue weighted by molar-refractivity contribution is -0.312. The zero-order valence-corrected chi connectivity index (χ0v) is 27.7. The number of hydrogen-bond donors (Lipinski definition) is 6. The van der Waals surface area contributed by atoms with Crippen LogP contribution in [0.3, 0.4) is 0 Å². The van der Waals surface area contributed by atoms with Crippen molar-refractivity contribution in [2.24, 2.45) is 39.9 Å². The molecule has 14 atom stereocenters. The van der Waals surface area contributed by atoms with Gasteiger partial charge in [0.25, 0.3) is 0 Å². The van der Waals surface area contributed by atoms with Gasteiger partial charge in [-0.3, -0.25) is 4.79 Å². The Morgan fingerprint density at radius 2 is 1.70 bits per heavy atom. The van der Waals surface area contributed by atoms with Crippen LogP contribution in [0.5, 0.6) is 0 Å². The molecule has 3 saturated carbocycles. The van der Waals surface area contributed by atoms with Crippen LogP contribution in [0, 0.1) is 39.9 Å². The maximum absolute atomic E-state index is 12.1. The Labute approximate surface area is 263 Å². The normalized spacial score (nSPS) is 45.9. The zero-order valence-electron chi connectivity index (χ0n) is 27.7. The number of allylic oxidation sites excluding steroid dienone is 1. The summed E-state index contributed by atoms with van der Waals surface area (Å²) in [5.74, 6) is -0.940. The molecule has 4 rings (SSSR count). The molecular weight excluding hydrogens is 564 g/mol. The lowest BCUT2D eigenvalue weighted by Crippen LogP contribution is -2.65. The highest BCUT2D eigenvalue weighted by Crippen LogP contribution is 2.74. The minimum atomic E-state index is -1.45. The molecule has 9 heteroatoms. The quantitative estimate of drug-likeness (QED) is 0.147. The number of carbonyl (C=O) groups is 1. The second-order valence-electron chi connectivity index (χ2n) is 15.8. The van der Waals surface area contributed by atoms with Gasteiger partial charge in [0.05, 0.1) is 24.4 Å². The summed E-state index contributed by atoms with van der Waals surface area (Å²) >= 11 is 0. The molecule has 0 aromatic carbocycles. The first kappa shape index (κ1) is 35.5. The van der Waals surface area contributed by atoms with Crippen LogP contribution < -0.4 is 0 Å². The number of ether oxygens (including phenoxy) is 2. The molecule has 0 bridgehead atoms. The van der Waals surface area contributed by atoms with Crippen molar-refractivity contribution in [3.05, 3.63) is 24.3 Å². The van der Waals surface area contributed by atoms with Gasteiger partial charge in [-0.2, -0.15) is 0 Å². The third kappa shape index (κ3) is 6.07. The number of aliphatic hydroxyl groups excluding tert-OH is 4. The summed E-state index contributed by atoms with van der Waals surface area (Å²) in [6.45, 7) is 20.6. The van der Waals surface area contributed by atoms with Crippen molar-refractivity contribution >= 4 is 5.97 Å². The fraction of sp³-hybridized carbons (Fsp3) is 0.857. The van der Waals surface area contributed by atoms with Crippen LogP contribution >= 0.6 is 0 Å². The molecule has 0 amide bonds. The topological polar surface area (TPSA) is 157 Å². The van der Waals surface area contributed by atoms with Gasteiger partial charge < -0.3 is 40.1 Å². The SMILES string of the molecule is C=C(C)C(O)CC[C@](C)(O)[C@H]1CC[C@]2(C)[C@@H]1[C@H](O[C@@H]1OC[C@H](O)[C@H](O)[C@H]1O)CC1[C@@](C)(CCC(=O)O)[C@H](C(=C)C)CC[C@]12C. The fourth-order valence-corrected chi connectivity index (χ4v) is 10.4. The highest BCUT2D eigenvalue weighted by Gasteiger charge is 2.70. The second-order valence-corrected chi connectivity index (χ2v) is 15.8. The average molecular weight is 623 g/mol. The molecule has 0 spiro atoms. The van der Waals surface area contributed by atoms with Crippen molar-refractivity contribution in [2.45, 2.75) is 142 Å². The van der Waals surface area contributed by atoms with E-state index in [0.29, 0.717) is 31.3 Å². The summed E-state index contributed by atoms with van der Waals surface area (Å²) in [6, 6.07) is 0. The second kappa shape index (κ2) is 12.7. The van der Waals surface area contributed by atoms with E-state index in [2.05, 4.69) is 33.9 Å². The van der Waals surface area contributed by atoms with Crippen molar-refractivity contribution in [2.75, 3.05) is 6.61 Å². The fourth-order valence-electron chi connectivity index (χ4n) is 10.4. The van der Waals surface area contributed by atoms with E-state index in [9.17, 15) is 35.4 Å². The van der Waals surface area contributed by atoms with Crippen molar-refractivity contribution in [3.63, 3.8) is 0 Å². The highest BCUT2D eigenvalue weighted by molar-refractivity contribution is 5.66. The molecule has 6 N–H and O–H groups in total. The first-order valence-electron chi connectivity index (χ1n) is 16.5. The van der Waals surface area contributed by atoms with E-state index < -0.39 is 48.4 Å². The Hall–Kier alpha value is -1.33. The van der Waals surface area contributed by atoms with E-state index in [1.807, 2.05) is 13.8 Å². The first-order chi connectivity index (χ1) is 20.3. The van der Waals surface area contributed by atoms with Gasteiger partial charge in [0.2, 0.25) is 0 Å². The molecule has 0 aromatic heterocycles. The molecule has 1 heterocycles. The van der Waals surface area contributed by atoms with Gasteiger partial charge in [-0.1, -0.05) is 45.1 Å². The van der Waals surface area contributed by atoms with Crippen molar-refractivity contribution in [3.8, 4) is 0 Å². The molecule has 1 saturated heterocycles. The molecule has 0 radical (unpaired) electrons. The summed E-state index contributed by atoms with van der Waals surface area (Å²) in [6.07, 6.45) is -1.09. The van der Waals surface area contributed by atoms with Crippen LogP contribution in [0.25, 0.3) is 0 Å². The van der Waals surface area contributed by atoms with E-state index in [1.165, 1.54) is 0 Å². The predicted molar refractivity (Wildman–Crippen MR) is 166 cm³/mol. The number of carboxylic acid groups (broad SMARTS) is 1. The molecule has 252 valence electrons. The summed E-state index contributed by atoms with van der Waals surface area (Å²) in [7, 11) is 0. The molecule has 2 unspecified atom stereocenters. The van der Waals surface area contributed by atoms with E-state index >= 15 is 0 Å². The third-order valence-electron chi connectivity index (χ3n) is 13.2. The Bertz CT molecular complexity index is 1090. The van der Waals surface area contributed by atoms with Gasteiger partial charge >= 0.3 is 5.97 Å². The first-order valence-corrected chi connectivity index (χ1v) is 16.5. The Kier molecular flexibility index (Phi) is 10.3. The van der Waals surface area contributed by atoms with Gasteiger partial charge in [-0.25, -0.2) is 0 Å². The van der Waals surface area contributed by atoms with Gasteiger partial charge in [0.1, 0.15) is 18.3 Å². The molecule has 4 aliphatic rings. The number of rotatable bonds is 11.